The molecule has 0 saturated heterocycles. The smallest absolute Gasteiger partial charge is 0.221 e. The van der Waals surface area contributed by atoms with Crippen LogP contribution in [0.25, 0.3) is 0 Å². The van der Waals surface area contributed by atoms with Gasteiger partial charge in [0.15, 0.2) is 0 Å². The molecule has 15 heavy (non-hydrogen) atoms. The number of unbranched alkanes of at least 4 members (excludes halogenated alkanes) is 6. The molecule has 0 spiro atoms. The third-order valence-electron chi connectivity index (χ3n) is 2.65. The lowest BCUT2D eigenvalue weighted by Crippen LogP contribution is -1.88. The van der Waals surface area contributed by atoms with Gasteiger partial charge in [0.25, 0.3) is 0 Å². The Morgan fingerprint density at radius 1 is 0.933 bits per heavy atom. The van der Waals surface area contributed by atoms with E-state index in [2.05, 4.69) is 13.8 Å². The monoisotopic (exact) mass is 232 g/mol. The van der Waals surface area contributed by atoms with Crippen LogP contribution in [-0.4, -0.2) is 5.24 Å². The van der Waals surface area contributed by atoms with Gasteiger partial charge in [-0.1, -0.05) is 58.8 Å². The minimum absolute atomic E-state index is 0.188. The second-order valence-corrected chi connectivity index (χ2v) is 5.18. The zero-order chi connectivity index (χ0) is 11.5. The molecule has 0 atom stereocenters. The SMILES string of the molecule is CC(C)CCCCCCCCCC(=O)Cl. The van der Waals surface area contributed by atoms with Crippen LogP contribution in [0.5, 0.6) is 0 Å². The molecule has 0 aliphatic carbocycles. The highest BCUT2D eigenvalue weighted by Crippen LogP contribution is 2.12. The van der Waals surface area contributed by atoms with Crippen molar-refractivity contribution in [1.29, 1.82) is 0 Å². The lowest BCUT2D eigenvalue weighted by atomic mass is 10.0. The van der Waals surface area contributed by atoms with Crippen molar-refractivity contribution in [2.75, 3.05) is 0 Å². The Hall–Kier alpha value is -0.0400. The van der Waals surface area contributed by atoms with E-state index in [9.17, 15) is 4.79 Å². The fourth-order valence-corrected chi connectivity index (χ4v) is 1.83. The molecule has 0 aromatic heterocycles. The molecule has 0 aliphatic heterocycles. The summed E-state index contributed by atoms with van der Waals surface area (Å²) in [6.07, 6.45) is 10.7. The van der Waals surface area contributed by atoms with Gasteiger partial charge in [0, 0.05) is 6.42 Å². The van der Waals surface area contributed by atoms with E-state index < -0.39 is 0 Å². The van der Waals surface area contributed by atoms with Crippen LogP contribution in [-0.2, 0) is 4.79 Å². The lowest BCUT2D eigenvalue weighted by molar-refractivity contribution is -0.111. The van der Waals surface area contributed by atoms with E-state index in [1.54, 1.807) is 0 Å². The van der Waals surface area contributed by atoms with Crippen molar-refractivity contribution in [2.45, 2.75) is 71.6 Å². The molecule has 0 aliphatic rings. The standard InChI is InChI=1S/C13H25ClO/c1-12(2)10-8-6-4-3-5-7-9-11-13(14)15/h12H,3-11H2,1-2H3. The average Bonchev–Trinajstić information content (AvgIpc) is 2.14. The van der Waals surface area contributed by atoms with Crippen LogP contribution in [0.2, 0.25) is 0 Å². The number of carbonyl (C=O) groups is 1. The first-order valence-corrected chi connectivity index (χ1v) is 6.69. The predicted octanol–water partition coefficient (Wildman–Crippen LogP) is 4.92. The maximum Gasteiger partial charge on any atom is 0.221 e. The van der Waals surface area contributed by atoms with Gasteiger partial charge in [0.2, 0.25) is 5.24 Å². The summed E-state index contributed by atoms with van der Waals surface area (Å²) in [6, 6.07) is 0. The highest BCUT2D eigenvalue weighted by Gasteiger charge is 1.97. The van der Waals surface area contributed by atoms with Crippen LogP contribution in [0.4, 0.5) is 0 Å². The Kier molecular flexibility index (Phi) is 10.4. The molecular formula is C13H25ClO. The zero-order valence-corrected chi connectivity index (χ0v) is 11.0. The minimum Gasteiger partial charge on any atom is -0.281 e. The van der Waals surface area contributed by atoms with Crippen molar-refractivity contribution in [3.63, 3.8) is 0 Å². The molecule has 0 amide bonds. The van der Waals surface area contributed by atoms with Crippen LogP contribution in [0.15, 0.2) is 0 Å². The fourth-order valence-electron chi connectivity index (χ4n) is 1.70. The number of hydrogen-bond donors (Lipinski definition) is 0. The van der Waals surface area contributed by atoms with Crippen LogP contribution in [0.1, 0.15) is 71.6 Å². The maximum atomic E-state index is 10.4. The molecule has 90 valence electrons. The summed E-state index contributed by atoms with van der Waals surface area (Å²) < 4.78 is 0. The van der Waals surface area contributed by atoms with Gasteiger partial charge in [-0.3, -0.25) is 4.79 Å². The molecular weight excluding hydrogens is 208 g/mol. The molecule has 0 radical (unpaired) electrons. The summed E-state index contributed by atoms with van der Waals surface area (Å²) in [5.74, 6) is 0.847. The molecule has 0 saturated carbocycles. The second-order valence-electron chi connectivity index (χ2n) is 4.76. The largest absolute Gasteiger partial charge is 0.281 e. The Morgan fingerprint density at radius 3 is 1.87 bits per heavy atom. The topological polar surface area (TPSA) is 17.1 Å². The van der Waals surface area contributed by atoms with E-state index in [1.165, 1.54) is 38.5 Å². The molecule has 0 heterocycles. The van der Waals surface area contributed by atoms with E-state index in [-0.39, 0.29) is 5.24 Å². The maximum absolute atomic E-state index is 10.4. The lowest BCUT2D eigenvalue weighted by Gasteiger charge is -2.04. The Morgan fingerprint density at radius 2 is 1.40 bits per heavy atom. The molecule has 0 unspecified atom stereocenters. The van der Waals surface area contributed by atoms with Gasteiger partial charge in [-0.25, -0.2) is 0 Å². The van der Waals surface area contributed by atoms with Crippen LogP contribution in [0, 0.1) is 5.92 Å². The van der Waals surface area contributed by atoms with Gasteiger partial charge in [0.05, 0.1) is 0 Å². The van der Waals surface area contributed by atoms with Crippen molar-refractivity contribution in [3.8, 4) is 0 Å². The first kappa shape index (κ1) is 15.0. The Balaban J connectivity index is 2.96. The molecule has 0 N–H and O–H groups in total. The van der Waals surface area contributed by atoms with E-state index >= 15 is 0 Å². The number of hydrogen-bond acceptors (Lipinski definition) is 1. The highest BCUT2D eigenvalue weighted by atomic mass is 35.5. The quantitative estimate of drug-likeness (QED) is 0.386. The summed E-state index contributed by atoms with van der Waals surface area (Å²) in [7, 11) is 0. The Bertz CT molecular complexity index is 155. The summed E-state index contributed by atoms with van der Waals surface area (Å²) in [5.41, 5.74) is 0. The summed E-state index contributed by atoms with van der Waals surface area (Å²) >= 11 is 5.25. The second kappa shape index (κ2) is 10.5. The minimum atomic E-state index is -0.188. The molecule has 0 aromatic carbocycles. The van der Waals surface area contributed by atoms with E-state index in [4.69, 9.17) is 11.6 Å². The van der Waals surface area contributed by atoms with Crippen LogP contribution in [0.3, 0.4) is 0 Å². The molecule has 0 aromatic rings. The van der Waals surface area contributed by atoms with Gasteiger partial charge in [-0.15, -0.1) is 0 Å². The van der Waals surface area contributed by atoms with Crippen molar-refractivity contribution in [3.05, 3.63) is 0 Å². The van der Waals surface area contributed by atoms with E-state index in [1.807, 2.05) is 0 Å². The highest BCUT2D eigenvalue weighted by molar-refractivity contribution is 6.63. The van der Waals surface area contributed by atoms with Crippen molar-refractivity contribution in [1.82, 2.24) is 0 Å². The average molecular weight is 233 g/mol. The first-order valence-electron chi connectivity index (χ1n) is 6.31. The van der Waals surface area contributed by atoms with Crippen molar-refractivity contribution in [2.24, 2.45) is 5.92 Å². The predicted molar refractivity (Wildman–Crippen MR) is 67.3 cm³/mol. The van der Waals surface area contributed by atoms with Gasteiger partial charge < -0.3 is 0 Å². The van der Waals surface area contributed by atoms with Crippen LogP contribution >= 0.6 is 11.6 Å². The van der Waals surface area contributed by atoms with Gasteiger partial charge in [-0.2, -0.15) is 0 Å². The number of carbonyl (C=O) groups excluding carboxylic acids is 1. The summed E-state index contributed by atoms with van der Waals surface area (Å²) in [4.78, 5) is 10.4. The molecule has 0 fully saturated rings. The third-order valence-corrected chi connectivity index (χ3v) is 2.84. The number of halogens is 1. The van der Waals surface area contributed by atoms with Gasteiger partial charge in [-0.05, 0) is 23.9 Å². The summed E-state index contributed by atoms with van der Waals surface area (Å²) in [5, 5.41) is -0.188. The number of rotatable bonds is 10. The zero-order valence-electron chi connectivity index (χ0n) is 10.2. The van der Waals surface area contributed by atoms with Crippen LogP contribution < -0.4 is 0 Å². The van der Waals surface area contributed by atoms with E-state index in [0.29, 0.717) is 6.42 Å². The third kappa shape index (κ3) is 14.0. The molecule has 1 nitrogen and oxygen atoms in total. The molecule has 0 bridgehead atoms. The van der Waals surface area contributed by atoms with E-state index in [0.717, 1.165) is 18.8 Å². The van der Waals surface area contributed by atoms with Crippen molar-refractivity contribution < 1.29 is 4.79 Å². The Labute approximate surface area is 99.6 Å². The normalized spacial score (nSPS) is 10.9. The summed E-state index contributed by atoms with van der Waals surface area (Å²) in [6.45, 7) is 4.56. The molecule has 0 rings (SSSR count). The first-order chi connectivity index (χ1) is 7.13. The van der Waals surface area contributed by atoms with Crippen molar-refractivity contribution >= 4 is 16.8 Å². The molecule has 2 heteroatoms. The van der Waals surface area contributed by atoms with Gasteiger partial charge >= 0.3 is 0 Å². The fraction of sp³-hybridized carbons (Fsp3) is 0.923. The van der Waals surface area contributed by atoms with Gasteiger partial charge in [0.1, 0.15) is 0 Å².